The first-order chi connectivity index (χ1) is 8.15. The maximum Gasteiger partial charge on any atom is 0.142 e. The van der Waals surface area contributed by atoms with E-state index in [1.807, 2.05) is 31.3 Å². The molecule has 0 unspecified atom stereocenters. The molecule has 0 aromatic heterocycles. The van der Waals surface area contributed by atoms with Crippen LogP contribution in [0.5, 0.6) is 5.75 Å². The highest BCUT2D eigenvalue weighted by Gasteiger charge is 2.06. The summed E-state index contributed by atoms with van der Waals surface area (Å²) in [5, 5.41) is 7.15. The van der Waals surface area contributed by atoms with Crippen LogP contribution in [0.4, 0.5) is 5.69 Å². The van der Waals surface area contributed by atoms with Gasteiger partial charge in [-0.2, -0.15) is 0 Å². The molecule has 0 amide bonds. The lowest BCUT2D eigenvalue weighted by molar-refractivity contribution is 0.414. The minimum absolute atomic E-state index is 0.268. The maximum absolute atomic E-state index is 7.15. The Labute approximate surface area is 103 Å². The van der Waals surface area contributed by atoms with E-state index in [0.29, 0.717) is 6.42 Å². The Kier molecular flexibility index (Phi) is 5.33. The first-order valence-electron chi connectivity index (χ1n) is 5.82. The van der Waals surface area contributed by atoms with Crippen LogP contribution in [0.3, 0.4) is 0 Å². The average Bonchev–Trinajstić information content (AvgIpc) is 2.34. The molecule has 3 N–H and O–H groups in total. The normalized spacial score (nSPS) is 10.0. The largest absolute Gasteiger partial charge is 0.495 e. The molecule has 0 bridgehead atoms. The molecule has 94 valence electrons. The van der Waals surface area contributed by atoms with Crippen LogP contribution >= 0.6 is 0 Å². The molecule has 0 radical (unpaired) electrons. The Hall–Kier alpha value is -1.71. The quantitative estimate of drug-likeness (QED) is 0.433. The molecule has 4 heteroatoms. The Bertz CT molecular complexity index is 365. The highest BCUT2D eigenvalue weighted by atomic mass is 16.5. The van der Waals surface area contributed by atoms with Gasteiger partial charge >= 0.3 is 0 Å². The van der Waals surface area contributed by atoms with Crippen LogP contribution in [0, 0.1) is 5.41 Å². The minimum Gasteiger partial charge on any atom is -0.495 e. The number of nitrogens with one attached hydrogen (secondary N) is 1. The summed E-state index contributed by atoms with van der Waals surface area (Å²) < 4.78 is 5.32. The number of hydrogen-bond donors (Lipinski definition) is 2. The first kappa shape index (κ1) is 13.4. The van der Waals surface area contributed by atoms with Crippen molar-refractivity contribution in [3.63, 3.8) is 0 Å². The van der Waals surface area contributed by atoms with Gasteiger partial charge < -0.3 is 15.4 Å². The van der Waals surface area contributed by atoms with Gasteiger partial charge in [0.1, 0.15) is 5.75 Å². The highest BCUT2D eigenvalue weighted by molar-refractivity contribution is 5.76. The Morgan fingerprint density at radius 3 is 2.71 bits per heavy atom. The van der Waals surface area contributed by atoms with Gasteiger partial charge in [-0.1, -0.05) is 12.1 Å². The van der Waals surface area contributed by atoms with Crippen molar-refractivity contribution in [2.24, 2.45) is 5.73 Å². The van der Waals surface area contributed by atoms with E-state index in [4.69, 9.17) is 15.9 Å². The van der Waals surface area contributed by atoms with Crippen molar-refractivity contribution in [2.75, 3.05) is 25.6 Å². The van der Waals surface area contributed by atoms with Crippen molar-refractivity contribution in [1.29, 1.82) is 5.41 Å². The lowest BCUT2D eigenvalue weighted by Gasteiger charge is -2.21. The lowest BCUT2D eigenvalue weighted by Crippen LogP contribution is -2.19. The lowest BCUT2D eigenvalue weighted by atomic mass is 10.2. The smallest absolute Gasteiger partial charge is 0.142 e. The summed E-state index contributed by atoms with van der Waals surface area (Å²) >= 11 is 0. The SMILES string of the molecule is COc1ccccc1N(C)CCCCC(=N)N. The predicted molar refractivity (Wildman–Crippen MR) is 72.0 cm³/mol. The van der Waals surface area contributed by atoms with Crippen LogP contribution in [0.25, 0.3) is 0 Å². The topological polar surface area (TPSA) is 62.3 Å². The number of nitrogens with two attached hydrogens (primary N) is 1. The number of hydrogen-bond acceptors (Lipinski definition) is 3. The number of rotatable bonds is 7. The molecule has 0 aliphatic carbocycles. The van der Waals surface area contributed by atoms with Gasteiger partial charge in [0.2, 0.25) is 0 Å². The third-order valence-electron chi connectivity index (χ3n) is 2.69. The number of benzene rings is 1. The van der Waals surface area contributed by atoms with Gasteiger partial charge in [0.15, 0.2) is 0 Å². The number of methoxy groups -OCH3 is 1. The number of amidine groups is 1. The van der Waals surface area contributed by atoms with Crippen molar-refractivity contribution in [2.45, 2.75) is 19.3 Å². The number of nitrogens with zero attached hydrogens (tertiary/aromatic N) is 1. The molecule has 0 saturated carbocycles. The first-order valence-corrected chi connectivity index (χ1v) is 5.82. The Balaban J connectivity index is 2.46. The number of para-hydroxylation sites is 2. The van der Waals surface area contributed by atoms with Gasteiger partial charge in [0.25, 0.3) is 0 Å². The molecule has 1 aromatic carbocycles. The molecule has 17 heavy (non-hydrogen) atoms. The predicted octanol–water partition coefficient (Wildman–Crippen LogP) is 2.24. The second-order valence-electron chi connectivity index (χ2n) is 4.08. The van der Waals surface area contributed by atoms with E-state index < -0.39 is 0 Å². The molecule has 1 aromatic rings. The van der Waals surface area contributed by atoms with Crippen molar-refractivity contribution in [1.82, 2.24) is 0 Å². The summed E-state index contributed by atoms with van der Waals surface area (Å²) in [6.45, 7) is 0.938. The molecule has 0 saturated heterocycles. The fraction of sp³-hybridized carbons (Fsp3) is 0.462. The summed E-state index contributed by atoms with van der Waals surface area (Å²) in [6.07, 6.45) is 2.66. The number of anilines is 1. The molecule has 4 nitrogen and oxygen atoms in total. The van der Waals surface area contributed by atoms with E-state index in [1.165, 1.54) is 0 Å². The van der Waals surface area contributed by atoms with Gasteiger partial charge in [-0.3, -0.25) is 5.41 Å². The molecule has 1 rings (SSSR count). The second-order valence-corrected chi connectivity index (χ2v) is 4.08. The zero-order chi connectivity index (χ0) is 12.7. The maximum atomic E-state index is 7.15. The molecule has 0 aliphatic heterocycles. The van der Waals surface area contributed by atoms with Crippen molar-refractivity contribution >= 4 is 11.5 Å². The van der Waals surface area contributed by atoms with Crippen molar-refractivity contribution in [3.05, 3.63) is 24.3 Å². The Morgan fingerprint density at radius 2 is 2.06 bits per heavy atom. The van der Waals surface area contributed by atoms with Gasteiger partial charge in [-0.15, -0.1) is 0 Å². The molecule has 0 heterocycles. The van der Waals surface area contributed by atoms with Gasteiger partial charge in [-0.25, -0.2) is 0 Å². The van der Waals surface area contributed by atoms with Crippen LogP contribution in [-0.4, -0.2) is 26.5 Å². The van der Waals surface area contributed by atoms with E-state index in [-0.39, 0.29) is 5.84 Å². The summed E-state index contributed by atoms with van der Waals surface area (Å²) in [5.74, 6) is 1.16. The zero-order valence-corrected chi connectivity index (χ0v) is 10.6. The van der Waals surface area contributed by atoms with Gasteiger partial charge in [-0.05, 0) is 25.0 Å². The summed E-state index contributed by atoms with van der Waals surface area (Å²) in [6, 6.07) is 7.97. The summed E-state index contributed by atoms with van der Waals surface area (Å²) in [5.41, 5.74) is 6.41. The highest BCUT2D eigenvalue weighted by Crippen LogP contribution is 2.26. The average molecular weight is 235 g/mol. The minimum atomic E-state index is 0.268. The van der Waals surface area contributed by atoms with E-state index in [1.54, 1.807) is 7.11 Å². The molecule has 0 spiro atoms. The van der Waals surface area contributed by atoms with Crippen LogP contribution in [0.2, 0.25) is 0 Å². The monoisotopic (exact) mass is 235 g/mol. The van der Waals surface area contributed by atoms with Crippen LogP contribution in [-0.2, 0) is 0 Å². The van der Waals surface area contributed by atoms with Crippen molar-refractivity contribution < 1.29 is 4.74 Å². The molecule has 0 fully saturated rings. The molecule has 0 aliphatic rings. The number of unbranched alkanes of at least 4 members (excludes halogenated alkanes) is 1. The fourth-order valence-electron chi connectivity index (χ4n) is 1.73. The van der Waals surface area contributed by atoms with Gasteiger partial charge in [0, 0.05) is 20.0 Å². The fourth-order valence-corrected chi connectivity index (χ4v) is 1.73. The van der Waals surface area contributed by atoms with E-state index in [9.17, 15) is 0 Å². The van der Waals surface area contributed by atoms with E-state index in [2.05, 4.69) is 4.90 Å². The summed E-state index contributed by atoms with van der Waals surface area (Å²) in [7, 11) is 3.73. The van der Waals surface area contributed by atoms with E-state index >= 15 is 0 Å². The third kappa shape index (κ3) is 4.34. The number of ether oxygens (including phenoxy) is 1. The molecular formula is C13H21N3O. The van der Waals surface area contributed by atoms with Crippen LogP contribution < -0.4 is 15.4 Å². The second kappa shape index (κ2) is 6.78. The molecular weight excluding hydrogens is 214 g/mol. The zero-order valence-electron chi connectivity index (χ0n) is 10.6. The van der Waals surface area contributed by atoms with E-state index in [0.717, 1.165) is 30.8 Å². The molecule has 0 atom stereocenters. The Morgan fingerprint density at radius 1 is 1.35 bits per heavy atom. The standard InChI is InChI=1S/C13H21N3O/c1-16(10-6-5-9-13(14)15)11-7-3-4-8-12(11)17-2/h3-4,7-8H,5-6,9-10H2,1-2H3,(H3,14,15). The van der Waals surface area contributed by atoms with Gasteiger partial charge in [0.05, 0.1) is 18.6 Å². The summed E-state index contributed by atoms with van der Waals surface area (Å²) in [4.78, 5) is 2.17. The van der Waals surface area contributed by atoms with Crippen LogP contribution in [0.15, 0.2) is 24.3 Å². The third-order valence-corrected chi connectivity index (χ3v) is 2.69. The van der Waals surface area contributed by atoms with Crippen LogP contribution in [0.1, 0.15) is 19.3 Å². The van der Waals surface area contributed by atoms with Crippen molar-refractivity contribution in [3.8, 4) is 5.75 Å².